The zero-order valence-corrected chi connectivity index (χ0v) is 16.1. The van der Waals surface area contributed by atoms with Crippen LogP contribution in [0.15, 0.2) is 60.8 Å². The van der Waals surface area contributed by atoms with Crippen LogP contribution in [0.2, 0.25) is 0 Å². The van der Waals surface area contributed by atoms with Crippen LogP contribution < -0.4 is 10.1 Å². The highest BCUT2D eigenvalue weighted by Gasteiger charge is 2.17. The Labute approximate surface area is 163 Å². The van der Waals surface area contributed by atoms with Crippen LogP contribution in [-0.2, 0) is 0 Å². The smallest absolute Gasteiger partial charge is 0.271 e. The Morgan fingerprint density at radius 1 is 1.21 bits per heavy atom. The molecule has 0 aliphatic rings. The van der Waals surface area contributed by atoms with E-state index in [1.807, 2.05) is 49.3 Å². The van der Waals surface area contributed by atoms with Gasteiger partial charge in [0.25, 0.3) is 5.91 Å². The first kappa shape index (κ1) is 19.6. The first-order valence-corrected chi connectivity index (χ1v) is 8.88. The summed E-state index contributed by atoms with van der Waals surface area (Å²) in [7, 11) is 5.39. The largest absolute Gasteiger partial charge is 0.497 e. The lowest BCUT2D eigenvalue weighted by atomic mass is 10.1. The predicted molar refractivity (Wildman–Crippen MR) is 105 cm³/mol. The van der Waals surface area contributed by atoms with Crippen LogP contribution >= 0.6 is 0 Å². The Morgan fingerprint density at radius 3 is 2.61 bits per heavy atom. The van der Waals surface area contributed by atoms with E-state index in [-0.39, 0.29) is 17.8 Å². The molecule has 3 aromatic rings. The van der Waals surface area contributed by atoms with E-state index >= 15 is 0 Å². The van der Waals surface area contributed by atoms with E-state index in [1.165, 1.54) is 12.1 Å². The van der Waals surface area contributed by atoms with E-state index in [4.69, 9.17) is 4.74 Å². The molecule has 0 spiro atoms. The Balaban J connectivity index is 1.68. The third-order valence-corrected chi connectivity index (χ3v) is 4.47. The normalized spacial score (nSPS) is 12.0. The summed E-state index contributed by atoms with van der Waals surface area (Å²) in [5.74, 6) is 0.172. The molecule has 0 aliphatic heterocycles. The third kappa shape index (κ3) is 4.55. The summed E-state index contributed by atoms with van der Waals surface area (Å²) in [6.45, 7) is 0.338. The molecule has 1 aromatic heterocycles. The highest BCUT2D eigenvalue weighted by Crippen LogP contribution is 2.19. The van der Waals surface area contributed by atoms with Crippen LogP contribution in [0.25, 0.3) is 5.69 Å². The number of benzene rings is 2. The summed E-state index contributed by atoms with van der Waals surface area (Å²) in [4.78, 5) is 14.5. The number of likely N-dealkylation sites (N-methyl/N-ethyl adjacent to an activating group) is 1. The lowest BCUT2D eigenvalue weighted by Gasteiger charge is -2.25. The maximum Gasteiger partial charge on any atom is 0.271 e. The molecule has 146 valence electrons. The number of hydrogen-bond donors (Lipinski definition) is 1. The molecule has 2 aromatic carbocycles. The number of methoxy groups -OCH3 is 1. The Hall–Kier alpha value is -3.19. The van der Waals surface area contributed by atoms with Crippen LogP contribution in [0.1, 0.15) is 22.1 Å². The average Bonchev–Trinajstić information content (AvgIpc) is 3.18. The van der Waals surface area contributed by atoms with Crippen LogP contribution in [-0.4, -0.2) is 48.3 Å². The van der Waals surface area contributed by atoms with Gasteiger partial charge in [0.05, 0.1) is 18.8 Å². The zero-order valence-electron chi connectivity index (χ0n) is 16.1. The zero-order chi connectivity index (χ0) is 20.1. The molecule has 0 saturated carbocycles. The number of halogens is 1. The van der Waals surface area contributed by atoms with E-state index in [0.29, 0.717) is 12.2 Å². The van der Waals surface area contributed by atoms with Gasteiger partial charge in [0.2, 0.25) is 0 Å². The molecule has 0 fully saturated rings. The fourth-order valence-corrected chi connectivity index (χ4v) is 2.92. The van der Waals surface area contributed by atoms with Gasteiger partial charge >= 0.3 is 0 Å². The topological polar surface area (TPSA) is 59.4 Å². The van der Waals surface area contributed by atoms with Crippen LogP contribution in [0.5, 0.6) is 5.75 Å². The van der Waals surface area contributed by atoms with Crippen molar-refractivity contribution in [2.24, 2.45) is 0 Å². The second-order valence-electron chi connectivity index (χ2n) is 6.59. The van der Waals surface area contributed by atoms with Crippen LogP contribution in [0.4, 0.5) is 4.39 Å². The van der Waals surface area contributed by atoms with Gasteiger partial charge in [-0.3, -0.25) is 4.79 Å². The first-order valence-electron chi connectivity index (χ1n) is 8.88. The summed E-state index contributed by atoms with van der Waals surface area (Å²) < 4.78 is 20.3. The second-order valence-corrected chi connectivity index (χ2v) is 6.59. The van der Waals surface area contributed by atoms with Crippen LogP contribution in [0, 0.1) is 5.82 Å². The number of amides is 1. The number of nitrogens with one attached hydrogen (secondary N) is 1. The Morgan fingerprint density at radius 2 is 1.96 bits per heavy atom. The molecule has 28 heavy (non-hydrogen) atoms. The van der Waals surface area contributed by atoms with Gasteiger partial charge < -0.3 is 15.0 Å². The van der Waals surface area contributed by atoms with Gasteiger partial charge in [-0.05, 0) is 62.1 Å². The first-order chi connectivity index (χ1) is 13.5. The van der Waals surface area contributed by atoms with Crippen molar-refractivity contribution < 1.29 is 13.9 Å². The molecule has 0 aliphatic carbocycles. The molecule has 1 unspecified atom stereocenters. The number of carbonyl (C=O) groups is 1. The fourth-order valence-electron chi connectivity index (χ4n) is 2.92. The van der Waals surface area contributed by atoms with E-state index in [0.717, 1.165) is 17.0 Å². The minimum absolute atomic E-state index is 0.150. The maximum absolute atomic E-state index is 13.5. The summed E-state index contributed by atoms with van der Waals surface area (Å²) in [5.41, 5.74) is 1.94. The second kappa shape index (κ2) is 8.67. The molecule has 6 nitrogen and oxygen atoms in total. The molecule has 1 N–H and O–H groups in total. The Kier molecular flexibility index (Phi) is 6.06. The van der Waals surface area contributed by atoms with Crippen molar-refractivity contribution in [3.8, 4) is 11.4 Å². The highest BCUT2D eigenvalue weighted by molar-refractivity contribution is 5.92. The lowest BCUT2D eigenvalue weighted by molar-refractivity contribution is 0.0936. The van der Waals surface area contributed by atoms with Crippen molar-refractivity contribution in [2.75, 3.05) is 27.7 Å². The SMILES string of the molecule is COc1ccc(-n2ccc(C(=O)NCC(c3cccc(F)c3)N(C)C)n2)cc1. The molecule has 1 atom stereocenters. The minimum atomic E-state index is -0.297. The summed E-state index contributed by atoms with van der Waals surface area (Å²) >= 11 is 0. The number of ether oxygens (including phenoxy) is 1. The number of hydrogen-bond acceptors (Lipinski definition) is 4. The monoisotopic (exact) mass is 382 g/mol. The molecule has 0 radical (unpaired) electrons. The number of aromatic nitrogens is 2. The Bertz CT molecular complexity index is 938. The van der Waals surface area contributed by atoms with Crippen molar-refractivity contribution in [3.63, 3.8) is 0 Å². The van der Waals surface area contributed by atoms with Crippen molar-refractivity contribution in [3.05, 3.63) is 77.9 Å². The van der Waals surface area contributed by atoms with Gasteiger partial charge in [-0.25, -0.2) is 9.07 Å². The third-order valence-electron chi connectivity index (χ3n) is 4.47. The van der Waals surface area contributed by atoms with Crippen molar-refractivity contribution >= 4 is 5.91 Å². The van der Waals surface area contributed by atoms with Gasteiger partial charge in [-0.1, -0.05) is 12.1 Å². The van der Waals surface area contributed by atoms with E-state index in [2.05, 4.69) is 10.4 Å². The quantitative estimate of drug-likeness (QED) is 0.682. The summed E-state index contributed by atoms with van der Waals surface area (Å²) in [6.07, 6.45) is 1.73. The number of carbonyl (C=O) groups excluding carboxylic acids is 1. The van der Waals surface area contributed by atoms with Gasteiger partial charge in [-0.2, -0.15) is 5.10 Å². The summed E-state index contributed by atoms with van der Waals surface area (Å²) in [5, 5.41) is 7.22. The molecule has 1 heterocycles. The van der Waals surface area contributed by atoms with Gasteiger partial charge in [0.1, 0.15) is 11.6 Å². The van der Waals surface area contributed by atoms with Gasteiger partial charge in [0, 0.05) is 12.7 Å². The highest BCUT2D eigenvalue weighted by atomic mass is 19.1. The van der Waals surface area contributed by atoms with Crippen molar-refractivity contribution in [2.45, 2.75) is 6.04 Å². The summed E-state index contributed by atoms with van der Waals surface area (Å²) in [6, 6.07) is 15.3. The molecule has 0 saturated heterocycles. The molecular weight excluding hydrogens is 359 g/mol. The van der Waals surface area contributed by atoms with E-state index < -0.39 is 0 Å². The minimum Gasteiger partial charge on any atom is -0.497 e. The van der Waals surface area contributed by atoms with Crippen LogP contribution in [0.3, 0.4) is 0 Å². The van der Waals surface area contributed by atoms with Gasteiger partial charge in [-0.15, -0.1) is 0 Å². The molecule has 0 bridgehead atoms. The van der Waals surface area contributed by atoms with E-state index in [1.54, 1.807) is 30.1 Å². The molecular formula is C21H23FN4O2. The van der Waals surface area contributed by atoms with Crippen molar-refractivity contribution in [1.82, 2.24) is 20.0 Å². The van der Waals surface area contributed by atoms with Crippen molar-refractivity contribution in [1.29, 1.82) is 0 Å². The molecule has 3 rings (SSSR count). The average molecular weight is 382 g/mol. The predicted octanol–water partition coefficient (Wildman–Crippen LogP) is 3.05. The number of nitrogens with zero attached hydrogens (tertiary/aromatic N) is 3. The lowest BCUT2D eigenvalue weighted by Crippen LogP contribution is -2.34. The fraction of sp³-hybridized carbons (Fsp3) is 0.238. The number of rotatable bonds is 7. The van der Waals surface area contributed by atoms with Gasteiger partial charge in [0.15, 0.2) is 5.69 Å². The standard InChI is InChI=1S/C21H23FN4O2/c1-25(2)20(15-5-4-6-16(22)13-15)14-23-21(27)19-11-12-26(24-19)17-7-9-18(28-3)10-8-17/h4-13,20H,14H2,1-3H3,(H,23,27). The molecule has 7 heteroatoms. The maximum atomic E-state index is 13.5. The molecule has 1 amide bonds. The van der Waals surface area contributed by atoms with E-state index in [9.17, 15) is 9.18 Å².